The van der Waals surface area contributed by atoms with Crippen molar-refractivity contribution in [3.63, 3.8) is 0 Å². The van der Waals surface area contributed by atoms with E-state index in [2.05, 4.69) is 66.6 Å². The Morgan fingerprint density at radius 3 is 1.50 bits per heavy atom. The molecule has 0 aromatic heterocycles. The molecular formula is C14H33GeOSi2. The molecule has 0 amide bonds. The summed E-state index contributed by atoms with van der Waals surface area (Å²) in [5, 5.41) is 0. The average Bonchev–Trinajstić information content (AvgIpc) is 1.94. The summed E-state index contributed by atoms with van der Waals surface area (Å²) in [7, 11) is -2.03. The molecule has 0 unspecified atom stereocenters. The molecule has 0 saturated heterocycles. The first-order chi connectivity index (χ1) is 7.71. The maximum atomic E-state index is 6.41. The minimum atomic E-state index is -1.42. The molecular weight excluding hydrogens is 313 g/mol. The molecule has 107 valence electrons. The van der Waals surface area contributed by atoms with Crippen molar-refractivity contribution < 1.29 is 3.76 Å². The number of rotatable bonds is 6. The second-order valence-electron chi connectivity index (χ2n) is 8.79. The van der Waals surface area contributed by atoms with E-state index in [0.29, 0.717) is 0 Å². The van der Waals surface area contributed by atoms with Crippen LogP contribution in [0.4, 0.5) is 0 Å². The van der Waals surface area contributed by atoms with Crippen molar-refractivity contribution in [2.24, 2.45) is 5.41 Å². The van der Waals surface area contributed by atoms with Crippen LogP contribution in [0.25, 0.3) is 0 Å². The Morgan fingerprint density at radius 1 is 0.944 bits per heavy atom. The molecule has 1 radical (unpaired) electrons. The van der Waals surface area contributed by atoms with E-state index in [1.807, 2.05) is 0 Å². The summed E-state index contributed by atoms with van der Waals surface area (Å²) in [6, 6.07) is 0. The van der Waals surface area contributed by atoms with Gasteiger partial charge in [0, 0.05) is 0 Å². The van der Waals surface area contributed by atoms with Crippen LogP contribution in [0.15, 0.2) is 12.3 Å². The van der Waals surface area contributed by atoms with Gasteiger partial charge in [-0.2, -0.15) is 0 Å². The number of hydrogen-bond acceptors (Lipinski definition) is 1. The van der Waals surface area contributed by atoms with Gasteiger partial charge in [0.05, 0.1) is 0 Å². The van der Waals surface area contributed by atoms with Crippen LogP contribution in [0.3, 0.4) is 0 Å². The second-order valence-corrected chi connectivity index (χ2v) is 26.9. The number of hydrogen-bond donors (Lipinski definition) is 0. The zero-order valence-electron chi connectivity index (χ0n) is 14.0. The Bertz CT molecular complexity index is 266. The van der Waals surface area contributed by atoms with Crippen LogP contribution in [0.5, 0.6) is 0 Å². The van der Waals surface area contributed by atoms with Crippen LogP contribution in [-0.2, 0) is 3.76 Å². The van der Waals surface area contributed by atoms with Crippen LogP contribution in [0.2, 0.25) is 49.0 Å². The third-order valence-corrected chi connectivity index (χ3v) is 24.9. The van der Waals surface area contributed by atoms with E-state index in [-0.39, 0.29) is 5.41 Å². The van der Waals surface area contributed by atoms with Gasteiger partial charge in [0.1, 0.15) is 0 Å². The van der Waals surface area contributed by atoms with Crippen LogP contribution < -0.4 is 0 Å². The Hall–Kier alpha value is 0.517. The Balaban J connectivity index is 4.74. The summed E-state index contributed by atoms with van der Waals surface area (Å²) in [5.74, 6) is 1.02. The Kier molecular flexibility index (Phi) is 6.49. The van der Waals surface area contributed by atoms with Crippen molar-refractivity contribution in [3.05, 3.63) is 12.3 Å². The molecule has 0 bridgehead atoms. The molecule has 0 aliphatic rings. The SMILES string of the molecule is C=C([O][Ge]([CH2][Si](C)(C)C)[CH2][Si](C)(C)C)C(C)(C)C. The standard InChI is InChI=1S/C14H33GeOSi2/c1-13(14(2,3)4)16-15(11-17(5,6)7)12-18(8,9)10/h1,11-12H2,2-10H3. The fraction of sp³-hybridized carbons (Fsp3) is 0.857. The molecule has 0 saturated carbocycles. The summed E-state index contributed by atoms with van der Waals surface area (Å²) < 4.78 is 6.41. The van der Waals surface area contributed by atoms with Crippen molar-refractivity contribution in [1.82, 2.24) is 0 Å². The molecule has 18 heavy (non-hydrogen) atoms. The first kappa shape index (κ1) is 18.5. The average molecular weight is 346 g/mol. The van der Waals surface area contributed by atoms with Gasteiger partial charge in [-0.05, 0) is 0 Å². The van der Waals surface area contributed by atoms with Crippen LogP contribution in [0, 0.1) is 5.41 Å². The molecule has 0 rings (SSSR count). The Morgan fingerprint density at radius 2 is 1.28 bits per heavy atom. The van der Waals surface area contributed by atoms with Gasteiger partial charge in [-0.15, -0.1) is 0 Å². The second kappa shape index (κ2) is 6.31. The fourth-order valence-corrected chi connectivity index (χ4v) is 24.2. The summed E-state index contributed by atoms with van der Waals surface area (Å²) in [6.45, 7) is 25.6. The molecule has 0 aliphatic heterocycles. The van der Waals surface area contributed by atoms with Gasteiger partial charge in [0.15, 0.2) is 0 Å². The molecule has 0 aromatic carbocycles. The first-order valence-electron chi connectivity index (χ1n) is 6.93. The zero-order chi connectivity index (χ0) is 14.8. The zero-order valence-corrected chi connectivity index (χ0v) is 18.1. The van der Waals surface area contributed by atoms with Gasteiger partial charge < -0.3 is 0 Å². The van der Waals surface area contributed by atoms with E-state index in [4.69, 9.17) is 3.76 Å². The van der Waals surface area contributed by atoms with E-state index in [1.165, 1.54) is 9.75 Å². The monoisotopic (exact) mass is 347 g/mol. The van der Waals surface area contributed by atoms with Crippen molar-refractivity contribution in [2.45, 2.75) is 69.8 Å². The molecule has 4 heteroatoms. The van der Waals surface area contributed by atoms with E-state index < -0.39 is 30.8 Å². The molecule has 0 atom stereocenters. The summed E-state index contributed by atoms with van der Waals surface area (Å²) in [5.41, 5.74) is 0.0944. The van der Waals surface area contributed by atoms with E-state index in [9.17, 15) is 0 Å². The van der Waals surface area contributed by atoms with Crippen molar-refractivity contribution in [3.8, 4) is 0 Å². The van der Waals surface area contributed by atoms with Gasteiger partial charge in [0.25, 0.3) is 0 Å². The normalized spacial score (nSPS) is 13.9. The van der Waals surface area contributed by atoms with Gasteiger partial charge in [-0.25, -0.2) is 0 Å². The first-order valence-corrected chi connectivity index (χ1v) is 18.2. The van der Waals surface area contributed by atoms with Gasteiger partial charge in [-0.1, -0.05) is 0 Å². The topological polar surface area (TPSA) is 9.23 Å². The van der Waals surface area contributed by atoms with Crippen LogP contribution in [-0.4, -0.2) is 30.8 Å². The van der Waals surface area contributed by atoms with Gasteiger partial charge >= 0.3 is 122 Å². The number of allylic oxidation sites excluding steroid dienone is 1. The van der Waals surface area contributed by atoms with Crippen molar-refractivity contribution >= 4 is 30.8 Å². The molecule has 1 nitrogen and oxygen atoms in total. The molecule has 0 heterocycles. The molecule has 0 aromatic rings. The van der Waals surface area contributed by atoms with E-state index in [0.717, 1.165) is 5.76 Å². The molecule has 0 N–H and O–H groups in total. The maximum absolute atomic E-state index is 6.41. The molecule has 0 fully saturated rings. The van der Waals surface area contributed by atoms with Gasteiger partial charge in [0.2, 0.25) is 0 Å². The van der Waals surface area contributed by atoms with E-state index in [1.54, 1.807) is 0 Å². The van der Waals surface area contributed by atoms with Crippen molar-refractivity contribution in [1.29, 1.82) is 0 Å². The van der Waals surface area contributed by atoms with Crippen molar-refractivity contribution in [2.75, 3.05) is 0 Å². The predicted octanol–water partition coefficient (Wildman–Crippen LogP) is 5.31. The summed E-state index contributed by atoms with van der Waals surface area (Å²) >= 11 is -1.42. The quantitative estimate of drug-likeness (QED) is 0.468. The van der Waals surface area contributed by atoms with E-state index >= 15 is 0 Å². The summed E-state index contributed by atoms with van der Waals surface area (Å²) in [4.78, 5) is 2.82. The summed E-state index contributed by atoms with van der Waals surface area (Å²) in [6.07, 6.45) is 0. The fourth-order valence-electron chi connectivity index (χ4n) is 1.65. The Labute approximate surface area is 122 Å². The third-order valence-electron chi connectivity index (χ3n) is 2.56. The van der Waals surface area contributed by atoms with Gasteiger partial charge in [-0.3, -0.25) is 0 Å². The molecule has 0 aliphatic carbocycles. The van der Waals surface area contributed by atoms with Crippen LogP contribution >= 0.6 is 0 Å². The molecule has 0 spiro atoms. The third kappa shape index (κ3) is 9.45. The minimum absolute atomic E-state index is 0.0944. The van der Waals surface area contributed by atoms with Crippen LogP contribution in [0.1, 0.15) is 20.8 Å². The predicted molar refractivity (Wildman–Crippen MR) is 91.7 cm³/mol.